The van der Waals surface area contributed by atoms with E-state index in [0.717, 1.165) is 11.8 Å². The molecule has 2 heteroatoms. The normalized spacial score (nSPS) is 38.5. The minimum atomic E-state index is -0.139. The number of esters is 1. The van der Waals surface area contributed by atoms with Crippen LogP contribution in [0.3, 0.4) is 0 Å². The van der Waals surface area contributed by atoms with Crippen LogP contribution in [0.1, 0.15) is 59.3 Å². The summed E-state index contributed by atoms with van der Waals surface area (Å²) >= 11 is 0. The van der Waals surface area contributed by atoms with E-state index < -0.39 is 0 Å². The van der Waals surface area contributed by atoms with Gasteiger partial charge in [0.05, 0.1) is 6.61 Å². The molecule has 0 aromatic heterocycles. The standard InChI is InChI=1S/C15H26O2/c1-11(10-17-12(2)16)14-8-7-13-6-4-5-9-15(13,14)3/h11,13-14H,4-10H2,1-3H3. The highest BCUT2D eigenvalue weighted by Gasteiger charge is 2.48. The van der Waals surface area contributed by atoms with Gasteiger partial charge in [-0.3, -0.25) is 4.79 Å². The van der Waals surface area contributed by atoms with Gasteiger partial charge in [0.1, 0.15) is 0 Å². The molecule has 17 heavy (non-hydrogen) atoms. The van der Waals surface area contributed by atoms with E-state index in [1.165, 1.54) is 45.4 Å². The van der Waals surface area contributed by atoms with Crippen molar-refractivity contribution in [2.24, 2.45) is 23.2 Å². The lowest BCUT2D eigenvalue weighted by molar-refractivity contribution is -0.143. The van der Waals surface area contributed by atoms with Gasteiger partial charge in [0.25, 0.3) is 0 Å². The largest absolute Gasteiger partial charge is 0.466 e. The van der Waals surface area contributed by atoms with Gasteiger partial charge in [0.2, 0.25) is 0 Å². The molecule has 4 unspecified atom stereocenters. The van der Waals surface area contributed by atoms with E-state index in [1.54, 1.807) is 0 Å². The Morgan fingerprint density at radius 1 is 1.35 bits per heavy atom. The first-order chi connectivity index (χ1) is 8.04. The van der Waals surface area contributed by atoms with Crippen LogP contribution in [0.25, 0.3) is 0 Å². The number of hydrogen-bond donors (Lipinski definition) is 0. The van der Waals surface area contributed by atoms with E-state index in [4.69, 9.17) is 4.74 Å². The summed E-state index contributed by atoms with van der Waals surface area (Å²) in [6.45, 7) is 6.86. The van der Waals surface area contributed by atoms with Crippen LogP contribution in [0.5, 0.6) is 0 Å². The molecule has 0 N–H and O–H groups in total. The highest BCUT2D eigenvalue weighted by molar-refractivity contribution is 5.65. The lowest BCUT2D eigenvalue weighted by Gasteiger charge is -2.43. The maximum Gasteiger partial charge on any atom is 0.302 e. The Bertz CT molecular complexity index is 287. The van der Waals surface area contributed by atoms with E-state index in [2.05, 4.69) is 13.8 Å². The minimum Gasteiger partial charge on any atom is -0.466 e. The molecule has 2 aliphatic rings. The van der Waals surface area contributed by atoms with Gasteiger partial charge in [0.15, 0.2) is 0 Å². The number of carbonyl (C=O) groups is 1. The molecular weight excluding hydrogens is 212 g/mol. The summed E-state index contributed by atoms with van der Waals surface area (Å²) in [5, 5.41) is 0. The van der Waals surface area contributed by atoms with Crippen LogP contribution in [0.4, 0.5) is 0 Å². The molecule has 4 atom stereocenters. The molecule has 0 heterocycles. The molecule has 0 spiro atoms. The lowest BCUT2D eigenvalue weighted by Crippen LogP contribution is -2.36. The first kappa shape index (κ1) is 12.9. The van der Waals surface area contributed by atoms with Crippen molar-refractivity contribution in [3.63, 3.8) is 0 Å². The average Bonchev–Trinajstić information content (AvgIpc) is 2.63. The zero-order valence-electron chi connectivity index (χ0n) is 11.5. The summed E-state index contributed by atoms with van der Waals surface area (Å²) < 4.78 is 5.20. The second-order valence-corrected chi connectivity index (χ2v) is 6.41. The van der Waals surface area contributed by atoms with E-state index in [9.17, 15) is 4.79 Å². The van der Waals surface area contributed by atoms with Crippen LogP contribution in [-0.4, -0.2) is 12.6 Å². The van der Waals surface area contributed by atoms with Gasteiger partial charge in [-0.25, -0.2) is 0 Å². The summed E-state index contributed by atoms with van der Waals surface area (Å²) in [6, 6.07) is 0. The van der Waals surface area contributed by atoms with Crippen molar-refractivity contribution in [2.45, 2.75) is 59.3 Å². The van der Waals surface area contributed by atoms with Gasteiger partial charge < -0.3 is 4.74 Å². The molecule has 0 saturated heterocycles. The number of rotatable bonds is 3. The third-order valence-corrected chi connectivity index (χ3v) is 5.36. The number of hydrogen-bond acceptors (Lipinski definition) is 2. The summed E-state index contributed by atoms with van der Waals surface area (Å²) in [6.07, 6.45) is 8.35. The average molecular weight is 238 g/mol. The summed E-state index contributed by atoms with van der Waals surface area (Å²) in [5.41, 5.74) is 0.526. The highest BCUT2D eigenvalue weighted by Crippen LogP contribution is 2.57. The summed E-state index contributed by atoms with van der Waals surface area (Å²) in [4.78, 5) is 10.9. The van der Waals surface area contributed by atoms with Crippen molar-refractivity contribution in [3.05, 3.63) is 0 Å². The molecule has 0 radical (unpaired) electrons. The zero-order valence-corrected chi connectivity index (χ0v) is 11.5. The van der Waals surface area contributed by atoms with Crippen molar-refractivity contribution >= 4 is 5.97 Å². The minimum absolute atomic E-state index is 0.139. The highest BCUT2D eigenvalue weighted by atomic mass is 16.5. The zero-order chi connectivity index (χ0) is 12.5. The predicted molar refractivity (Wildman–Crippen MR) is 68.6 cm³/mol. The third-order valence-electron chi connectivity index (χ3n) is 5.36. The van der Waals surface area contributed by atoms with Crippen LogP contribution >= 0.6 is 0 Å². The Hall–Kier alpha value is -0.530. The fraction of sp³-hybridized carbons (Fsp3) is 0.933. The van der Waals surface area contributed by atoms with E-state index >= 15 is 0 Å². The molecule has 2 saturated carbocycles. The first-order valence-corrected chi connectivity index (χ1v) is 7.17. The summed E-state index contributed by atoms with van der Waals surface area (Å²) in [7, 11) is 0. The van der Waals surface area contributed by atoms with Crippen LogP contribution < -0.4 is 0 Å². The number of carbonyl (C=O) groups excluding carboxylic acids is 1. The van der Waals surface area contributed by atoms with E-state index in [-0.39, 0.29) is 5.97 Å². The molecule has 2 nitrogen and oxygen atoms in total. The maximum absolute atomic E-state index is 10.9. The fourth-order valence-corrected chi connectivity index (χ4v) is 4.40. The SMILES string of the molecule is CC(=O)OCC(C)C1CCC2CCCCC21C. The van der Waals surface area contributed by atoms with Crippen molar-refractivity contribution < 1.29 is 9.53 Å². The molecule has 0 aromatic rings. The van der Waals surface area contributed by atoms with Crippen molar-refractivity contribution in [3.8, 4) is 0 Å². The van der Waals surface area contributed by atoms with Crippen molar-refractivity contribution in [1.29, 1.82) is 0 Å². The molecule has 2 fully saturated rings. The molecule has 0 bridgehead atoms. The van der Waals surface area contributed by atoms with Crippen molar-refractivity contribution in [2.75, 3.05) is 6.61 Å². The molecule has 2 aliphatic carbocycles. The maximum atomic E-state index is 10.9. The smallest absolute Gasteiger partial charge is 0.302 e. The van der Waals surface area contributed by atoms with Crippen LogP contribution in [-0.2, 0) is 9.53 Å². The Kier molecular flexibility index (Phi) is 3.79. The number of ether oxygens (including phenoxy) is 1. The van der Waals surface area contributed by atoms with Crippen molar-refractivity contribution in [1.82, 2.24) is 0 Å². The molecule has 0 aliphatic heterocycles. The molecule has 98 valence electrons. The molecule has 0 amide bonds. The fourth-order valence-electron chi connectivity index (χ4n) is 4.40. The second kappa shape index (κ2) is 4.99. The monoisotopic (exact) mass is 238 g/mol. The Morgan fingerprint density at radius 3 is 2.82 bits per heavy atom. The molecular formula is C15H26O2. The summed E-state index contributed by atoms with van der Waals surface area (Å²) in [5.74, 6) is 2.07. The topological polar surface area (TPSA) is 26.3 Å². The van der Waals surface area contributed by atoms with E-state index in [0.29, 0.717) is 17.9 Å². The Labute approximate surface area is 105 Å². The van der Waals surface area contributed by atoms with Crippen LogP contribution in [0.2, 0.25) is 0 Å². The quantitative estimate of drug-likeness (QED) is 0.699. The Balaban J connectivity index is 1.98. The molecule has 2 rings (SSSR count). The van der Waals surface area contributed by atoms with Gasteiger partial charge in [-0.1, -0.05) is 26.7 Å². The Morgan fingerprint density at radius 2 is 2.12 bits per heavy atom. The first-order valence-electron chi connectivity index (χ1n) is 7.17. The second-order valence-electron chi connectivity index (χ2n) is 6.41. The van der Waals surface area contributed by atoms with Gasteiger partial charge in [0, 0.05) is 6.92 Å². The van der Waals surface area contributed by atoms with Gasteiger partial charge >= 0.3 is 5.97 Å². The van der Waals surface area contributed by atoms with Crippen LogP contribution in [0.15, 0.2) is 0 Å². The molecule has 0 aromatic carbocycles. The number of fused-ring (bicyclic) bond motifs is 1. The predicted octanol–water partition coefficient (Wildman–Crippen LogP) is 3.79. The van der Waals surface area contributed by atoms with E-state index in [1.807, 2.05) is 0 Å². The lowest BCUT2D eigenvalue weighted by atomic mass is 9.63. The third kappa shape index (κ3) is 2.51. The van der Waals surface area contributed by atoms with Gasteiger partial charge in [-0.05, 0) is 48.9 Å². The van der Waals surface area contributed by atoms with Gasteiger partial charge in [-0.15, -0.1) is 0 Å². The van der Waals surface area contributed by atoms with Crippen LogP contribution in [0, 0.1) is 23.2 Å². The van der Waals surface area contributed by atoms with Gasteiger partial charge in [-0.2, -0.15) is 0 Å².